The predicted molar refractivity (Wildman–Crippen MR) is 119 cm³/mol. The Labute approximate surface area is 174 Å². The Balaban J connectivity index is 0.00000338. The minimum atomic E-state index is -0.0606. The maximum Gasteiger partial charge on any atom is 0.251 e. The first-order chi connectivity index (χ1) is 12.2. The topological polar surface area (TPSA) is 65.5 Å². The van der Waals surface area contributed by atoms with Gasteiger partial charge in [0.25, 0.3) is 5.91 Å². The summed E-state index contributed by atoms with van der Waals surface area (Å²) in [5.74, 6) is 1.75. The quantitative estimate of drug-likeness (QED) is 0.234. The van der Waals surface area contributed by atoms with Crippen LogP contribution in [0.4, 0.5) is 0 Å². The third-order valence-electron chi connectivity index (χ3n) is 4.93. The first kappa shape index (κ1) is 22.7. The van der Waals surface area contributed by atoms with Crippen molar-refractivity contribution in [1.82, 2.24) is 16.0 Å². The third-order valence-corrected chi connectivity index (χ3v) is 4.93. The number of unbranched alkanes of at least 4 members (excludes halogenated alkanes) is 1. The summed E-state index contributed by atoms with van der Waals surface area (Å²) in [7, 11) is 3.43. The van der Waals surface area contributed by atoms with E-state index in [-0.39, 0.29) is 29.9 Å². The van der Waals surface area contributed by atoms with E-state index in [9.17, 15) is 4.79 Å². The Morgan fingerprint density at radius 1 is 1.12 bits per heavy atom. The molecule has 0 spiro atoms. The van der Waals surface area contributed by atoms with Gasteiger partial charge < -0.3 is 16.0 Å². The normalized spacial score (nSPS) is 14.6. The largest absolute Gasteiger partial charge is 0.356 e. The van der Waals surface area contributed by atoms with Gasteiger partial charge in [-0.25, -0.2) is 0 Å². The van der Waals surface area contributed by atoms with E-state index < -0.39 is 0 Å². The Hall–Kier alpha value is -1.31. The van der Waals surface area contributed by atoms with Crippen LogP contribution in [-0.4, -0.2) is 32.5 Å². The predicted octanol–water partition coefficient (Wildman–Crippen LogP) is 3.69. The Morgan fingerprint density at radius 2 is 1.81 bits per heavy atom. The van der Waals surface area contributed by atoms with E-state index in [0.717, 1.165) is 24.0 Å². The fourth-order valence-electron chi connectivity index (χ4n) is 3.39. The number of guanidine groups is 1. The van der Waals surface area contributed by atoms with Crippen LogP contribution in [0.1, 0.15) is 60.9 Å². The first-order valence-electron chi connectivity index (χ1n) is 9.48. The molecule has 1 amide bonds. The Kier molecular flexibility index (Phi) is 11.3. The monoisotopic (exact) mass is 472 g/mol. The number of hydrogen-bond acceptors (Lipinski definition) is 2. The molecule has 0 saturated heterocycles. The van der Waals surface area contributed by atoms with Crippen molar-refractivity contribution in [3.8, 4) is 0 Å². The van der Waals surface area contributed by atoms with Crippen LogP contribution < -0.4 is 16.0 Å². The maximum atomic E-state index is 11.5. The van der Waals surface area contributed by atoms with Gasteiger partial charge in [0.05, 0.1) is 0 Å². The van der Waals surface area contributed by atoms with Crippen LogP contribution in [0, 0.1) is 5.92 Å². The zero-order valence-corrected chi connectivity index (χ0v) is 18.3. The van der Waals surface area contributed by atoms with Crippen molar-refractivity contribution < 1.29 is 4.79 Å². The van der Waals surface area contributed by atoms with Crippen LogP contribution in [0.25, 0.3) is 0 Å². The number of benzene rings is 1. The highest BCUT2D eigenvalue weighted by Crippen LogP contribution is 2.28. The number of nitrogens with one attached hydrogen (secondary N) is 3. The van der Waals surface area contributed by atoms with Crippen molar-refractivity contribution >= 4 is 35.8 Å². The minimum Gasteiger partial charge on any atom is -0.356 e. The molecule has 0 atom stereocenters. The molecule has 1 aliphatic rings. The average molecular weight is 472 g/mol. The lowest BCUT2D eigenvalue weighted by molar-refractivity contribution is 0.0963. The van der Waals surface area contributed by atoms with Crippen LogP contribution >= 0.6 is 24.0 Å². The van der Waals surface area contributed by atoms with Crippen LogP contribution in [0.3, 0.4) is 0 Å². The highest BCUT2D eigenvalue weighted by atomic mass is 127. The molecule has 2 rings (SSSR count). The van der Waals surface area contributed by atoms with Gasteiger partial charge in [-0.2, -0.15) is 0 Å². The van der Waals surface area contributed by atoms with Gasteiger partial charge in [0.2, 0.25) is 0 Å². The molecule has 0 radical (unpaired) electrons. The van der Waals surface area contributed by atoms with Crippen molar-refractivity contribution in [2.75, 3.05) is 20.6 Å². The molecule has 0 heterocycles. The Bertz CT molecular complexity index is 553. The van der Waals surface area contributed by atoms with Gasteiger partial charge in [0.1, 0.15) is 0 Å². The molecule has 1 aromatic carbocycles. The standard InChI is InChI=1S/C20H32N4O.HI/c1-21-19(25)18-12-10-17(11-13-18)15-24-20(22-2)23-14-6-5-9-16-7-3-4-8-16;/h10-13,16H,3-9,14-15H2,1-2H3,(H,21,25)(H2,22,23,24);1H. The molecule has 5 nitrogen and oxygen atoms in total. The van der Waals surface area contributed by atoms with Gasteiger partial charge in [0, 0.05) is 32.7 Å². The van der Waals surface area contributed by atoms with E-state index in [4.69, 9.17) is 0 Å². The van der Waals surface area contributed by atoms with Gasteiger partial charge in [0.15, 0.2) is 5.96 Å². The molecule has 3 N–H and O–H groups in total. The molecular formula is C20H33IN4O. The molecule has 26 heavy (non-hydrogen) atoms. The molecule has 1 aromatic rings. The fraction of sp³-hybridized carbons (Fsp3) is 0.600. The summed E-state index contributed by atoms with van der Waals surface area (Å²) in [6.45, 7) is 1.65. The average Bonchev–Trinajstić information content (AvgIpc) is 3.17. The molecular weight excluding hydrogens is 439 g/mol. The van der Waals surface area contributed by atoms with E-state index >= 15 is 0 Å². The van der Waals surface area contributed by atoms with Crippen molar-refractivity contribution in [2.24, 2.45) is 10.9 Å². The number of aliphatic imine (C=N–C) groups is 1. The fourth-order valence-corrected chi connectivity index (χ4v) is 3.39. The van der Waals surface area contributed by atoms with Crippen molar-refractivity contribution in [3.05, 3.63) is 35.4 Å². The lowest BCUT2D eigenvalue weighted by Crippen LogP contribution is -2.37. The third kappa shape index (κ3) is 7.93. The van der Waals surface area contributed by atoms with Crippen molar-refractivity contribution in [1.29, 1.82) is 0 Å². The Morgan fingerprint density at radius 3 is 2.42 bits per heavy atom. The highest BCUT2D eigenvalue weighted by molar-refractivity contribution is 14.0. The summed E-state index contributed by atoms with van der Waals surface area (Å²) in [6, 6.07) is 7.61. The molecule has 1 aliphatic carbocycles. The van der Waals surface area contributed by atoms with Gasteiger partial charge in [-0.1, -0.05) is 50.7 Å². The SMILES string of the molecule is CN=C(NCCCCC1CCCC1)NCc1ccc(C(=O)NC)cc1.I. The molecule has 1 saturated carbocycles. The summed E-state index contributed by atoms with van der Waals surface area (Å²) in [4.78, 5) is 15.8. The van der Waals surface area contributed by atoms with Crippen LogP contribution in [0.15, 0.2) is 29.3 Å². The van der Waals surface area contributed by atoms with E-state index in [1.807, 2.05) is 24.3 Å². The maximum absolute atomic E-state index is 11.5. The van der Waals surface area contributed by atoms with Crippen LogP contribution in [0.5, 0.6) is 0 Å². The van der Waals surface area contributed by atoms with E-state index in [1.165, 1.54) is 44.9 Å². The van der Waals surface area contributed by atoms with E-state index in [0.29, 0.717) is 12.1 Å². The molecule has 6 heteroatoms. The zero-order chi connectivity index (χ0) is 17.9. The molecule has 0 aromatic heterocycles. The van der Waals surface area contributed by atoms with Gasteiger partial charge in [-0.3, -0.25) is 9.79 Å². The van der Waals surface area contributed by atoms with Gasteiger partial charge in [-0.15, -0.1) is 24.0 Å². The van der Waals surface area contributed by atoms with E-state index in [2.05, 4.69) is 20.9 Å². The molecule has 146 valence electrons. The smallest absolute Gasteiger partial charge is 0.251 e. The second kappa shape index (κ2) is 12.9. The molecule has 0 bridgehead atoms. The number of amides is 1. The number of nitrogens with zero attached hydrogens (tertiary/aromatic N) is 1. The van der Waals surface area contributed by atoms with Crippen molar-refractivity contribution in [3.63, 3.8) is 0 Å². The van der Waals surface area contributed by atoms with Crippen LogP contribution in [-0.2, 0) is 6.54 Å². The summed E-state index contributed by atoms with van der Waals surface area (Å²) in [6.07, 6.45) is 9.62. The lowest BCUT2D eigenvalue weighted by Gasteiger charge is -2.13. The van der Waals surface area contributed by atoms with E-state index in [1.54, 1.807) is 14.1 Å². The highest BCUT2D eigenvalue weighted by Gasteiger charge is 2.13. The zero-order valence-electron chi connectivity index (χ0n) is 16.0. The lowest BCUT2D eigenvalue weighted by atomic mass is 10.0. The first-order valence-corrected chi connectivity index (χ1v) is 9.48. The summed E-state index contributed by atoms with van der Waals surface area (Å²) >= 11 is 0. The molecule has 0 unspecified atom stereocenters. The number of hydrogen-bond donors (Lipinski definition) is 3. The summed E-state index contributed by atoms with van der Waals surface area (Å²) in [5, 5.41) is 9.32. The summed E-state index contributed by atoms with van der Waals surface area (Å²) < 4.78 is 0. The number of rotatable bonds is 8. The number of carbonyl (C=O) groups excluding carboxylic acids is 1. The second-order valence-corrected chi connectivity index (χ2v) is 6.77. The van der Waals surface area contributed by atoms with Crippen molar-refractivity contribution in [2.45, 2.75) is 51.5 Å². The summed E-state index contributed by atoms with van der Waals surface area (Å²) in [5.41, 5.74) is 1.80. The number of carbonyl (C=O) groups is 1. The van der Waals surface area contributed by atoms with Crippen LogP contribution in [0.2, 0.25) is 0 Å². The van der Waals surface area contributed by atoms with Gasteiger partial charge >= 0.3 is 0 Å². The second-order valence-electron chi connectivity index (χ2n) is 6.77. The molecule has 1 fully saturated rings. The van der Waals surface area contributed by atoms with Gasteiger partial charge in [-0.05, 0) is 30.0 Å². The molecule has 0 aliphatic heterocycles. The minimum absolute atomic E-state index is 0. The number of halogens is 1.